The van der Waals surface area contributed by atoms with Crippen molar-refractivity contribution in [3.63, 3.8) is 0 Å². The molecule has 1 amide bonds. The minimum atomic E-state index is -0.173. The number of amides is 1. The van der Waals surface area contributed by atoms with Crippen molar-refractivity contribution in [3.8, 4) is 0 Å². The van der Waals surface area contributed by atoms with Crippen LogP contribution in [0.3, 0.4) is 0 Å². The molecule has 5 heteroatoms. The number of hydrogen-bond acceptors (Lipinski definition) is 4. The molecule has 5 nitrogen and oxygen atoms in total. The van der Waals surface area contributed by atoms with Crippen LogP contribution in [0.15, 0.2) is 54.8 Å². The van der Waals surface area contributed by atoms with Gasteiger partial charge in [-0.3, -0.25) is 9.78 Å². The van der Waals surface area contributed by atoms with Crippen LogP contribution in [0.4, 0.5) is 5.69 Å². The topological polar surface area (TPSA) is 60.5 Å². The highest BCUT2D eigenvalue weighted by atomic mass is 16.7. The summed E-state index contributed by atoms with van der Waals surface area (Å²) in [6.45, 7) is 4.38. The predicted octanol–water partition coefficient (Wildman–Crippen LogP) is 3.65. The molecule has 26 heavy (non-hydrogen) atoms. The Kier molecular flexibility index (Phi) is 4.41. The number of ether oxygens (including phenoxy) is 2. The van der Waals surface area contributed by atoms with Gasteiger partial charge in [0.25, 0.3) is 5.91 Å². The van der Waals surface area contributed by atoms with Crippen LogP contribution in [0.5, 0.6) is 0 Å². The Morgan fingerprint density at radius 2 is 1.96 bits per heavy atom. The Morgan fingerprint density at radius 3 is 2.73 bits per heavy atom. The van der Waals surface area contributed by atoms with E-state index in [2.05, 4.69) is 10.3 Å². The largest absolute Gasteiger partial charge is 0.345 e. The number of benzene rings is 1. The summed E-state index contributed by atoms with van der Waals surface area (Å²) in [5.74, 6) is -0.173. The van der Waals surface area contributed by atoms with Crippen LogP contribution in [0.2, 0.25) is 0 Å². The zero-order chi connectivity index (χ0) is 18.1. The first-order chi connectivity index (χ1) is 12.6. The third-order valence-electron chi connectivity index (χ3n) is 4.74. The summed E-state index contributed by atoms with van der Waals surface area (Å²) in [6.07, 6.45) is 7.49. The molecule has 1 aromatic heterocycles. The molecule has 0 radical (unpaired) electrons. The lowest BCUT2D eigenvalue weighted by Gasteiger charge is -2.16. The third kappa shape index (κ3) is 3.31. The van der Waals surface area contributed by atoms with E-state index in [0.717, 1.165) is 22.5 Å². The third-order valence-corrected chi connectivity index (χ3v) is 4.74. The number of pyridine rings is 1. The highest BCUT2D eigenvalue weighted by Crippen LogP contribution is 2.26. The molecule has 132 valence electrons. The Bertz CT molecular complexity index is 900. The molecule has 2 aromatic rings. The van der Waals surface area contributed by atoms with Crippen LogP contribution in [0.1, 0.15) is 27.2 Å². The van der Waals surface area contributed by atoms with Crippen molar-refractivity contribution in [2.24, 2.45) is 0 Å². The van der Waals surface area contributed by atoms with Gasteiger partial charge in [-0.2, -0.15) is 0 Å². The summed E-state index contributed by atoms with van der Waals surface area (Å²) >= 11 is 0. The van der Waals surface area contributed by atoms with Crippen molar-refractivity contribution < 1.29 is 14.3 Å². The fourth-order valence-electron chi connectivity index (χ4n) is 3.02. The maximum Gasteiger partial charge on any atom is 0.257 e. The minimum absolute atomic E-state index is 0.0123. The lowest BCUT2D eigenvalue weighted by atomic mass is 9.99. The van der Waals surface area contributed by atoms with Gasteiger partial charge in [-0.1, -0.05) is 18.2 Å². The highest BCUT2D eigenvalue weighted by Gasteiger charge is 2.28. The van der Waals surface area contributed by atoms with Gasteiger partial charge in [0, 0.05) is 11.9 Å². The van der Waals surface area contributed by atoms with E-state index in [0.29, 0.717) is 12.4 Å². The van der Waals surface area contributed by atoms with Gasteiger partial charge in [-0.15, -0.1) is 0 Å². The average Bonchev–Trinajstić information content (AvgIpc) is 3.12. The lowest BCUT2D eigenvalue weighted by Crippen LogP contribution is -2.20. The van der Waals surface area contributed by atoms with E-state index in [4.69, 9.17) is 9.47 Å². The molecule has 1 saturated heterocycles. The van der Waals surface area contributed by atoms with Crippen molar-refractivity contribution in [2.45, 2.75) is 26.1 Å². The Hall–Kier alpha value is -2.76. The summed E-state index contributed by atoms with van der Waals surface area (Å²) in [5, 5.41) is 2.91. The van der Waals surface area contributed by atoms with Gasteiger partial charge in [-0.25, -0.2) is 0 Å². The summed E-state index contributed by atoms with van der Waals surface area (Å²) < 4.78 is 11.0. The molecular weight excluding hydrogens is 328 g/mol. The van der Waals surface area contributed by atoms with Crippen LogP contribution in [-0.4, -0.2) is 29.9 Å². The van der Waals surface area contributed by atoms with Crippen molar-refractivity contribution in [3.05, 3.63) is 77.1 Å². The number of carbonyl (C=O) groups is 1. The summed E-state index contributed by atoms with van der Waals surface area (Å²) in [7, 11) is 0. The van der Waals surface area contributed by atoms with E-state index < -0.39 is 0 Å². The molecule has 1 fully saturated rings. The number of allylic oxidation sites excluding steroid dienone is 2. The van der Waals surface area contributed by atoms with E-state index in [9.17, 15) is 4.79 Å². The van der Waals surface area contributed by atoms with Crippen molar-refractivity contribution in [1.29, 1.82) is 0 Å². The van der Waals surface area contributed by atoms with Crippen LogP contribution >= 0.6 is 0 Å². The minimum Gasteiger partial charge on any atom is -0.345 e. The number of fused-ring (bicyclic) bond motifs is 1. The Morgan fingerprint density at radius 1 is 1.12 bits per heavy atom. The van der Waals surface area contributed by atoms with Gasteiger partial charge in [0.1, 0.15) is 19.0 Å². The SMILES string of the molecule is Cc1ccc(NC(=O)c2ccc(C3=C[C@@H]4OCOC4C=C3)nc2)cc1C. The van der Waals surface area contributed by atoms with E-state index >= 15 is 0 Å². The number of anilines is 1. The van der Waals surface area contributed by atoms with Crippen molar-refractivity contribution in [1.82, 2.24) is 4.98 Å². The number of rotatable bonds is 3. The number of nitrogens with one attached hydrogen (secondary N) is 1. The zero-order valence-electron chi connectivity index (χ0n) is 14.7. The average molecular weight is 348 g/mol. The van der Waals surface area contributed by atoms with Crippen molar-refractivity contribution in [2.75, 3.05) is 12.1 Å². The molecule has 0 saturated carbocycles. The summed E-state index contributed by atoms with van der Waals surface area (Å²) in [4.78, 5) is 16.9. The van der Waals surface area contributed by atoms with E-state index in [-0.39, 0.29) is 18.1 Å². The van der Waals surface area contributed by atoms with Crippen LogP contribution in [-0.2, 0) is 9.47 Å². The molecule has 0 bridgehead atoms. The second-order valence-electron chi connectivity index (χ2n) is 6.55. The second-order valence-corrected chi connectivity index (χ2v) is 6.55. The first-order valence-electron chi connectivity index (χ1n) is 8.58. The first kappa shape index (κ1) is 16.7. The smallest absolute Gasteiger partial charge is 0.257 e. The molecule has 1 aromatic carbocycles. The molecule has 2 heterocycles. The van der Waals surface area contributed by atoms with Crippen molar-refractivity contribution >= 4 is 17.2 Å². The highest BCUT2D eigenvalue weighted by molar-refractivity contribution is 6.04. The summed E-state index contributed by atoms with van der Waals surface area (Å²) in [5.41, 5.74) is 5.41. The second kappa shape index (κ2) is 6.86. The number of aromatic nitrogens is 1. The molecule has 4 rings (SSSR count). The molecule has 1 N–H and O–H groups in total. The Balaban J connectivity index is 1.48. The van der Waals surface area contributed by atoms with Gasteiger partial charge >= 0.3 is 0 Å². The van der Waals surface area contributed by atoms with Gasteiger partial charge < -0.3 is 14.8 Å². The van der Waals surface area contributed by atoms with Gasteiger partial charge in [0.15, 0.2) is 0 Å². The molecule has 1 unspecified atom stereocenters. The molecule has 2 aliphatic rings. The predicted molar refractivity (Wildman–Crippen MR) is 99.8 cm³/mol. The molecule has 1 aliphatic heterocycles. The number of nitrogens with zero attached hydrogens (tertiary/aromatic N) is 1. The fourth-order valence-corrected chi connectivity index (χ4v) is 3.02. The first-order valence-corrected chi connectivity index (χ1v) is 8.58. The normalized spacial score (nSPS) is 21.2. The lowest BCUT2D eigenvalue weighted by molar-refractivity contribution is 0.0504. The van der Waals surface area contributed by atoms with E-state index in [1.807, 2.05) is 56.3 Å². The zero-order valence-corrected chi connectivity index (χ0v) is 14.7. The molecule has 1 aliphatic carbocycles. The number of hydrogen-bond donors (Lipinski definition) is 1. The fraction of sp³-hybridized carbons (Fsp3) is 0.238. The maximum absolute atomic E-state index is 12.4. The van der Waals surface area contributed by atoms with Gasteiger partial charge in [0.2, 0.25) is 0 Å². The van der Waals surface area contributed by atoms with E-state index in [1.54, 1.807) is 12.3 Å². The van der Waals surface area contributed by atoms with Crippen LogP contribution in [0.25, 0.3) is 5.57 Å². The van der Waals surface area contributed by atoms with Gasteiger partial charge in [-0.05, 0) is 60.9 Å². The van der Waals surface area contributed by atoms with E-state index in [1.165, 1.54) is 5.56 Å². The Labute approximate surface area is 152 Å². The number of aryl methyl sites for hydroxylation is 2. The molecule has 0 spiro atoms. The van der Waals surface area contributed by atoms with Gasteiger partial charge in [0.05, 0.1) is 11.3 Å². The van der Waals surface area contributed by atoms with Crippen LogP contribution < -0.4 is 5.32 Å². The van der Waals surface area contributed by atoms with Crippen LogP contribution in [0, 0.1) is 13.8 Å². The molecule has 2 atom stereocenters. The maximum atomic E-state index is 12.4. The summed E-state index contributed by atoms with van der Waals surface area (Å²) in [6, 6.07) is 9.50. The molecular formula is C21H20N2O3. The number of carbonyl (C=O) groups excluding carboxylic acids is 1. The standard InChI is InChI=1S/C21H20N2O3/c1-13-3-6-17(9-14(13)2)23-21(24)16-4-7-18(22-11-16)15-5-8-19-20(10-15)26-12-25-19/h3-11,19-20H,12H2,1-2H3,(H,23,24)/t19?,20-/m0/s1. The monoisotopic (exact) mass is 348 g/mol. The quantitative estimate of drug-likeness (QED) is 0.920.